The molecule has 0 fully saturated rings. The summed E-state index contributed by atoms with van der Waals surface area (Å²) in [6.45, 7) is 0.803. The zero-order chi connectivity index (χ0) is 19.2. The van der Waals surface area contributed by atoms with Crippen molar-refractivity contribution in [2.24, 2.45) is 0 Å². The lowest BCUT2D eigenvalue weighted by molar-refractivity contribution is -0.121. The molecule has 1 amide bonds. The normalized spacial score (nSPS) is 10.7. The van der Waals surface area contributed by atoms with Gasteiger partial charge in [-0.3, -0.25) is 9.36 Å². The summed E-state index contributed by atoms with van der Waals surface area (Å²) in [5, 5.41) is 2.87. The lowest BCUT2D eigenvalue weighted by Gasteiger charge is -2.10. The van der Waals surface area contributed by atoms with Crippen LogP contribution in [0.5, 0.6) is 11.5 Å². The quantitative estimate of drug-likeness (QED) is 0.659. The summed E-state index contributed by atoms with van der Waals surface area (Å²) in [5.74, 6) is 0.854. The molecule has 7 heteroatoms. The molecule has 0 aliphatic carbocycles. The van der Waals surface area contributed by atoms with Crippen molar-refractivity contribution in [2.45, 2.75) is 25.9 Å². The monoisotopic (exact) mass is 370 g/mol. The number of aryl methyl sites for hydroxylation is 1. The van der Waals surface area contributed by atoms with Gasteiger partial charge >= 0.3 is 5.76 Å². The van der Waals surface area contributed by atoms with Crippen LogP contribution in [0.3, 0.4) is 0 Å². The molecule has 2 aromatic carbocycles. The third kappa shape index (κ3) is 4.49. The highest BCUT2D eigenvalue weighted by Gasteiger charge is 2.09. The van der Waals surface area contributed by atoms with Gasteiger partial charge in [0.25, 0.3) is 0 Å². The number of nitrogens with one attached hydrogen (secondary N) is 1. The van der Waals surface area contributed by atoms with Crippen LogP contribution in [0, 0.1) is 0 Å². The maximum absolute atomic E-state index is 12.1. The van der Waals surface area contributed by atoms with Gasteiger partial charge in [0.1, 0.15) is 11.5 Å². The number of fused-ring (bicyclic) bond motifs is 1. The number of methoxy groups -OCH3 is 2. The predicted molar refractivity (Wildman–Crippen MR) is 101 cm³/mol. The number of carbonyl (C=O) groups excluding carboxylic acids is 1. The van der Waals surface area contributed by atoms with Crippen LogP contribution in [0.4, 0.5) is 0 Å². The zero-order valence-corrected chi connectivity index (χ0v) is 15.4. The highest BCUT2D eigenvalue weighted by molar-refractivity contribution is 5.76. The minimum absolute atomic E-state index is 0.0855. The highest BCUT2D eigenvalue weighted by atomic mass is 16.5. The zero-order valence-electron chi connectivity index (χ0n) is 15.4. The summed E-state index contributed by atoms with van der Waals surface area (Å²) in [6, 6.07) is 12.7. The molecule has 0 aliphatic heterocycles. The first-order chi connectivity index (χ1) is 13.1. The molecular formula is C20H22N2O5. The summed E-state index contributed by atoms with van der Waals surface area (Å²) in [7, 11) is 3.16. The van der Waals surface area contributed by atoms with Gasteiger partial charge in [-0.15, -0.1) is 0 Å². The predicted octanol–water partition coefficient (Wildman–Crippen LogP) is 2.71. The fourth-order valence-corrected chi connectivity index (χ4v) is 2.88. The van der Waals surface area contributed by atoms with Crippen LogP contribution < -0.4 is 20.5 Å². The van der Waals surface area contributed by atoms with Crippen molar-refractivity contribution in [3.05, 3.63) is 58.6 Å². The lowest BCUT2D eigenvalue weighted by atomic mass is 10.2. The average Bonchev–Trinajstić information content (AvgIpc) is 3.01. The molecule has 0 spiro atoms. The SMILES string of the molecule is COc1cc(CNC(=O)CCCn2c(=O)oc3ccccc32)cc(OC)c1. The number of amides is 1. The molecule has 27 heavy (non-hydrogen) atoms. The Bertz CT molecular complexity index is 967. The second kappa shape index (κ2) is 8.44. The Kier molecular flexibility index (Phi) is 5.80. The Balaban J connectivity index is 1.53. The van der Waals surface area contributed by atoms with Crippen LogP contribution in [-0.4, -0.2) is 24.7 Å². The van der Waals surface area contributed by atoms with Gasteiger partial charge in [-0.1, -0.05) is 12.1 Å². The topological polar surface area (TPSA) is 82.7 Å². The molecule has 1 heterocycles. The smallest absolute Gasteiger partial charge is 0.419 e. The number of rotatable bonds is 8. The van der Waals surface area contributed by atoms with Gasteiger partial charge in [-0.05, 0) is 36.2 Å². The molecule has 0 unspecified atom stereocenters. The van der Waals surface area contributed by atoms with Crippen LogP contribution >= 0.6 is 0 Å². The minimum atomic E-state index is -0.403. The summed E-state index contributed by atoms with van der Waals surface area (Å²) in [6.07, 6.45) is 0.851. The number of para-hydroxylation sites is 2. The second-order valence-electron chi connectivity index (χ2n) is 6.09. The summed E-state index contributed by atoms with van der Waals surface area (Å²) < 4.78 is 17.2. The van der Waals surface area contributed by atoms with Crippen molar-refractivity contribution < 1.29 is 18.7 Å². The van der Waals surface area contributed by atoms with Gasteiger partial charge in [-0.25, -0.2) is 4.79 Å². The summed E-state index contributed by atoms with van der Waals surface area (Å²) in [4.78, 5) is 24.0. The Hall–Kier alpha value is -3.22. The molecule has 0 radical (unpaired) electrons. The Labute approximate surface area is 156 Å². The van der Waals surface area contributed by atoms with E-state index < -0.39 is 5.76 Å². The molecule has 142 valence electrons. The van der Waals surface area contributed by atoms with Crippen molar-refractivity contribution in [3.8, 4) is 11.5 Å². The maximum atomic E-state index is 12.1. The number of ether oxygens (including phenoxy) is 2. The molecule has 3 rings (SSSR count). The first-order valence-corrected chi connectivity index (χ1v) is 8.67. The van der Waals surface area contributed by atoms with Crippen molar-refractivity contribution in [2.75, 3.05) is 14.2 Å². The van der Waals surface area contributed by atoms with E-state index in [1.165, 1.54) is 0 Å². The van der Waals surface area contributed by atoms with E-state index in [9.17, 15) is 9.59 Å². The standard InChI is InChI=1S/C20H22N2O5/c1-25-15-10-14(11-16(12-15)26-2)13-21-19(23)8-5-9-22-17-6-3-4-7-18(17)27-20(22)24/h3-4,6-7,10-12H,5,8-9,13H2,1-2H3,(H,21,23). The van der Waals surface area contributed by atoms with Crippen molar-refractivity contribution >= 4 is 17.0 Å². The third-order valence-corrected chi connectivity index (χ3v) is 4.26. The Morgan fingerprint density at radius 2 is 1.81 bits per heavy atom. The van der Waals surface area contributed by atoms with E-state index in [-0.39, 0.29) is 5.91 Å². The van der Waals surface area contributed by atoms with Crippen molar-refractivity contribution in [3.63, 3.8) is 0 Å². The second-order valence-corrected chi connectivity index (χ2v) is 6.09. The van der Waals surface area contributed by atoms with Crippen LogP contribution in [0.1, 0.15) is 18.4 Å². The van der Waals surface area contributed by atoms with Crippen LogP contribution in [0.2, 0.25) is 0 Å². The molecular weight excluding hydrogens is 348 g/mol. The largest absolute Gasteiger partial charge is 0.497 e. The molecule has 0 saturated carbocycles. The number of carbonyl (C=O) groups is 1. The van der Waals surface area contributed by atoms with E-state index in [2.05, 4.69) is 5.32 Å². The number of aromatic nitrogens is 1. The fraction of sp³-hybridized carbons (Fsp3) is 0.300. The van der Waals surface area contributed by atoms with E-state index in [1.807, 2.05) is 30.3 Å². The van der Waals surface area contributed by atoms with Crippen molar-refractivity contribution in [1.82, 2.24) is 9.88 Å². The number of nitrogens with zero attached hydrogens (tertiary/aromatic N) is 1. The summed E-state index contributed by atoms with van der Waals surface area (Å²) in [5.41, 5.74) is 2.18. The van der Waals surface area contributed by atoms with Gasteiger partial charge in [0.05, 0.1) is 19.7 Å². The third-order valence-electron chi connectivity index (χ3n) is 4.26. The molecule has 1 aromatic heterocycles. The number of benzene rings is 2. The molecule has 0 saturated heterocycles. The molecule has 0 atom stereocenters. The van der Waals surface area contributed by atoms with E-state index in [4.69, 9.17) is 13.9 Å². The van der Waals surface area contributed by atoms with Crippen LogP contribution in [0.25, 0.3) is 11.1 Å². The first-order valence-electron chi connectivity index (χ1n) is 8.67. The molecule has 3 aromatic rings. The highest BCUT2D eigenvalue weighted by Crippen LogP contribution is 2.22. The maximum Gasteiger partial charge on any atom is 0.419 e. The molecule has 1 N–H and O–H groups in total. The summed E-state index contributed by atoms with van der Waals surface area (Å²) >= 11 is 0. The Morgan fingerprint density at radius 3 is 2.52 bits per heavy atom. The van der Waals surface area contributed by atoms with Crippen LogP contribution in [0.15, 0.2) is 51.7 Å². The van der Waals surface area contributed by atoms with Gasteiger partial charge in [0.2, 0.25) is 5.91 Å². The molecule has 0 bridgehead atoms. The number of oxazole rings is 1. The first kappa shape index (κ1) is 18.6. The Morgan fingerprint density at radius 1 is 1.11 bits per heavy atom. The van der Waals surface area contributed by atoms with Gasteiger partial charge in [0, 0.05) is 25.6 Å². The number of hydrogen-bond acceptors (Lipinski definition) is 5. The fourth-order valence-electron chi connectivity index (χ4n) is 2.88. The van der Waals surface area contributed by atoms with E-state index in [0.717, 1.165) is 11.1 Å². The van der Waals surface area contributed by atoms with E-state index in [0.29, 0.717) is 43.0 Å². The minimum Gasteiger partial charge on any atom is -0.497 e. The van der Waals surface area contributed by atoms with Gasteiger partial charge in [-0.2, -0.15) is 0 Å². The molecule has 7 nitrogen and oxygen atoms in total. The van der Waals surface area contributed by atoms with E-state index >= 15 is 0 Å². The number of hydrogen-bond donors (Lipinski definition) is 1. The van der Waals surface area contributed by atoms with Gasteiger partial charge in [0.15, 0.2) is 5.58 Å². The molecule has 0 aliphatic rings. The van der Waals surface area contributed by atoms with Gasteiger partial charge < -0.3 is 19.2 Å². The van der Waals surface area contributed by atoms with E-state index in [1.54, 1.807) is 30.9 Å². The van der Waals surface area contributed by atoms with Crippen molar-refractivity contribution in [1.29, 1.82) is 0 Å². The average molecular weight is 370 g/mol. The van der Waals surface area contributed by atoms with Crippen LogP contribution in [-0.2, 0) is 17.9 Å². The lowest BCUT2D eigenvalue weighted by Crippen LogP contribution is -2.23.